The van der Waals surface area contributed by atoms with Crippen molar-refractivity contribution in [1.29, 1.82) is 0 Å². The number of ether oxygens (including phenoxy) is 2. The summed E-state index contributed by atoms with van der Waals surface area (Å²) in [5.74, 6) is 1.46. The monoisotopic (exact) mass is 331 g/mol. The molecule has 1 aromatic heterocycles. The van der Waals surface area contributed by atoms with Gasteiger partial charge in [0.2, 0.25) is 4.80 Å². The van der Waals surface area contributed by atoms with Crippen molar-refractivity contribution in [2.45, 2.75) is 13.8 Å². The molecule has 0 atom stereocenters. The van der Waals surface area contributed by atoms with Gasteiger partial charge in [-0.1, -0.05) is 12.2 Å². The van der Waals surface area contributed by atoms with Gasteiger partial charge in [-0.05, 0) is 26.0 Å². The van der Waals surface area contributed by atoms with Crippen molar-refractivity contribution in [3.05, 3.63) is 51.8 Å². The normalized spacial score (nSPS) is 11.9. The molecule has 2 rings (SSSR count). The molecule has 0 aliphatic rings. The summed E-state index contributed by atoms with van der Waals surface area (Å²) in [7, 11) is 3.26. The second kappa shape index (κ2) is 7.78. The molecule has 122 valence electrons. The van der Waals surface area contributed by atoms with Crippen molar-refractivity contribution in [2.24, 2.45) is 10.1 Å². The minimum atomic E-state index is 0.599. The second-order valence-corrected chi connectivity index (χ2v) is 5.93. The lowest BCUT2D eigenvalue weighted by Gasteiger charge is -2.07. The van der Waals surface area contributed by atoms with Crippen LogP contribution in [0.15, 0.2) is 45.8 Å². The van der Waals surface area contributed by atoms with E-state index in [2.05, 4.69) is 16.7 Å². The highest BCUT2D eigenvalue weighted by atomic mass is 32.1. The van der Waals surface area contributed by atoms with Crippen LogP contribution in [-0.4, -0.2) is 31.7 Å². The van der Waals surface area contributed by atoms with E-state index in [0.29, 0.717) is 12.3 Å². The first-order valence-electron chi connectivity index (χ1n) is 7.13. The molecule has 0 fully saturated rings. The lowest BCUT2D eigenvalue weighted by Crippen LogP contribution is -2.13. The van der Waals surface area contributed by atoms with Gasteiger partial charge >= 0.3 is 0 Å². The fraction of sp³-hybridized carbons (Fsp3) is 0.294. The van der Waals surface area contributed by atoms with E-state index in [4.69, 9.17) is 9.47 Å². The topological polar surface area (TPSA) is 48.1 Å². The third kappa shape index (κ3) is 4.32. The fourth-order valence-electron chi connectivity index (χ4n) is 1.88. The standard InChI is InChI=1S/C17H21N3O2S/c1-12(2)9-18-17-20(13(3)11-23-17)19-10-14-6-7-15(21-4)8-16(14)22-5/h6-8,10-11H,1,9H2,2-5H3. The van der Waals surface area contributed by atoms with E-state index in [1.807, 2.05) is 42.1 Å². The Hall–Kier alpha value is -2.34. The molecule has 0 spiro atoms. The molecule has 5 nitrogen and oxygen atoms in total. The molecule has 0 aliphatic heterocycles. The van der Waals surface area contributed by atoms with Gasteiger partial charge in [0.25, 0.3) is 0 Å². The Kier molecular flexibility index (Phi) is 5.76. The van der Waals surface area contributed by atoms with Gasteiger partial charge in [-0.2, -0.15) is 5.10 Å². The maximum absolute atomic E-state index is 5.38. The van der Waals surface area contributed by atoms with Crippen LogP contribution in [0.4, 0.5) is 0 Å². The zero-order chi connectivity index (χ0) is 16.8. The largest absolute Gasteiger partial charge is 0.497 e. The maximum Gasteiger partial charge on any atom is 0.206 e. The van der Waals surface area contributed by atoms with Gasteiger partial charge in [0.05, 0.1) is 32.7 Å². The molecular weight excluding hydrogens is 310 g/mol. The fourth-order valence-corrected chi connectivity index (χ4v) is 2.69. The zero-order valence-electron chi connectivity index (χ0n) is 13.9. The Bertz CT molecular complexity index is 787. The van der Waals surface area contributed by atoms with E-state index in [1.165, 1.54) is 0 Å². The molecule has 0 bridgehead atoms. The first kappa shape index (κ1) is 17.0. The number of thiazole rings is 1. The van der Waals surface area contributed by atoms with E-state index in [0.717, 1.165) is 27.4 Å². The molecule has 1 aromatic carbocycles. The number of methoxy groups -OCH3 is 2. The third-order valence-corrected chi connectivity index (χ3v) is 4.06. The predicted molar refractivity (Wildman–Crippen MR) is 94.8 cm³/mol. The van der Waals surface area contributed by atoms with Crippen LogP contribution in [0.25, 0.3) is 0 Å². The Labute approximate surface area is 140 Å². The van der Waals surface area contributed by atoms with E-state index < -0.39 is 0 Å². The van der Waals surface area contributed by atoms with Crippen molar-refractivity contribution in [3.63, 3.8) is 0 Å². The molecule has 0 saturated carbocycles. The minimum absolute atomic E-state index is 0.599. The van der Waals surface area contributed by atoms with Crippen LogP contribution in [0.1, 0.15) is 18.2 Å². The Morgan fingerprint density at radius 3 is 2.78 bits per heavy atom. The number of benzene rings is 1. The van der Waals surface area contributed by atoms with Crippen LogP contribution >= 0.6 is 11.3 Å². The van der Waals surface area contributed by atoms with Crippen LogP contribution < -0.4 is 14.3 Å². The lowest BCUT2D eigenvalue weighted by molar-refractivity contribution is 0.394. The number of aromatic nitrogens is 1. The Balaban J connectivity index is 2.36. The quantitative estimate of drug-likeness (QED) is 0.603. The van der Waals surface area contributed by atoms with E-state index in [-0.39, 0.29) is 0 Å². The van der Waals surface area contributed by atoms with E-state index in [1.54, 1.807) is 31.8 Å². The first-order valence-corrected chi connectivity index (χ1v) is 8.01. The van der Waals surface area contributed by atoms with Crippen molar-refractivity contribution >= 4 is 17.6 Å². The highest BCUT2D eigenvalue weighted by Crippen LogP contribution is 2.23. The third-order valence-electron chi connectivity index (χ3n) is 3.09. The van der Waals surface area contributed by atoms with Gasteiger partial charge in [-0.3, -0.25) is 4.99 Å². The highest BCUT2D eigenvalue weighted by Gasteiger charge is 2.04. The molecule has 0 amide bonds. The summed E-state index contributed by atoms with van der Waals surface area (Å²) in [6.07, 6.45) is 1.76. The summed E-state index contributed by atoms with van der Waals surface area (Å²) < 4.78 is 12.4. The average Bonchev–Trinajstić information content (AvgIpc) is 2.90. The van der Waals surface area contributed by atoms with Gasteiger partial charge in [-0.25, -0.2) is 4.68 Å². The van der Waals surface area contributed by atoms with Crippen LogP contribution in [-0.2, 0) is 0 Å². The van der Waals surface area contributed by atoms with Crippen molar-refractivity contribution < 1.29 is 9.47 Å². The number of rotatable bonds is 6. The highest BCUT2D eigenvalue weighted by molar-refractivity contribution is 7.07. The van der Waals surface area contributed by atoms with Crippen molar-refractivity contribution in [1.82, 2.24) is 4.68 Å². The van der Waals surface area contributed by atoms with Gasteiger partial charge < -0.3 is 9.47 Å². The van der Waals surface area contributed by atoms with Gasteiger partial charge in [0.15, 0.2) is 0 Å². The van der Waals surface area contributed by atoms with Crippen LogP contribution in [0, 0.1) is 6.92 Å². The zero-order valence-corrected chi connectivity index (χ0v) is 14.7. The van der Waals surface area contributed by atoms with Crippen LogP contribution in [0.3, 0.4) is 0 Å². The summed E-state index contributed by atoms with van der Waals surface area (Å²) in [5, 5.41) is 6.56. The van der Waals surface area contributed by atoms with Crippen LogP contribution in [0.2, 0.25) is 0 Å². The number of hydrogen-bond acceptors (Lipinski definition) is 5. The first-order chi connectivity index (χ1) is 11.0. The van der Waals surface area contributed by atoms with Gasteiger partial charge in [0, 0.05) is 17.0 Å². The summed E-state index contributed by atoms with van der Waals surface area (Å²) in [6.45, 7) is 8.43. The molecule has 1 heterocycles. The number of aryl methyl sites for hydroxylation is 1. The van der Waals surface area contributed by atoms with E-state index in [9.17, 15) is 0 Å². The lowest BCUT2D eigenvalue weighted by atomic mass is 10.2. The van der Waals surface area contributed by atoms with Crippen molar-refractivity contribution in [3.8, 4) is 11.5 Å². The predicted octanol–water partition coefficient (Wildman–Crippen LogP) is 3.23. The maximum atomic E-state index is 5.38. The summed E-state index contributed by atoms with van der Waals surface area (Å²) in [6, 6.07) is 5.62. The van der Waals surface area contributed by atoms with Crippen molar-refractivity contribution in [2.75, 3.05) is 20.8 Å². The van der Waals surface area contributed by atoms with Crippen LogP contribution in [0.5, 0.6) is 11.5 Å². The molecule has 0 radical (unpaired) electrons. The van der Waals surface area contributed by atoms with E-state index >= 15 is 0 Å². The second-order valence-electron chi connectivity index (χ2n) is 5.10. The molecule has 6 heteroatoms. The Morgan fingerprint density at radius 2 is 2.13 bits per heavy atom. The summed E-state index contributed by atoms with van der Waals surface area (Å²) in [4.78, 5) is 5.37. The molecule has 23 heavy (non-hydrogen) atoms. The molecule has 0 aliphatic carbocycles. The Morgan fingerprint density at radius 1 is 1.35 bits per heavy atom. The summed E-state index contributed by atoms with van der Waals surface area (Å²) in [5.41, 5.74) is 2.92. The smallest absolute Gasteiger partial charge is 0.206 e. The molecule has 0 unspecified atom stereocenters. The van der Waals surface area contributed by atoms with Gasteiger partial charge in [-0.15, -0.1) is 11.3 Å². The molecule has 0 saturated heterocycles. The molecular formula is C17H21N3O2S. The molecule has 0 N–H and O–H groups in total. The number of hydrogen-bond donors (Lipinski definition) is 0. The SMILES string of the molecule is C=C(C)CN=c1scc(C)n1N=Cc1ccc(OC)cc1OC. The number of nitrogens with zero attached hydrogens (tertiary/aromatic N) is 3. The minimum Gasteiger partial charge on any atom is -0.497 e. The molecule has 2 aromatic rings. The van der Waals surface area contributed by atoms with Gasteiger partial charge in [0.1, 0.15) is 11.5 Å². The average molecular weight is 331 g/mol. The summed E-state index contributed by atoms with van der Waals surface area (Å²) >= 11 is 1.56.